The van der Waals surface area contributed by atoms with Crippen LogP contribution in [0.5, 0.6) is 0 Å². The first-order chi connectivity index (χ1) is 15.5. The molecule has 1 atom stereocenters. The second-order valence-corrected chi connectivity index (χ2v) is 7.43. The summed E-state index contributed by atoms with van der Waals surface area (Å²) in [6.07, 6.45) is 4.01. The monoisotopic (exact) mass is 439 g/mol. The van der Waals surface area contributed by atoms with Crippen molar-refractivity contribution in [3.8, 4) is 0 Å². The number of halogens is 1. The van der Waals surface area contributed by atoms with Gasteiger partial charge in [-0.1, -0.05) is 12.1 Å². The van der Waals surface area contributed by atoms with Crippen molar-refractivity contribution in [1.82, 2.24) is 14.5 Å². The number of carbonyl (C=O) groups is 1. The molecule has 0 unspecified atom stereocenters. The number of piperazine rings is 1. The largest absolute Gasteiger partial charge is 0.439 e. The van der Waals surface area contributed by atoms with E-state index in [0.29, 0.717) is 38.3 Å². The maximum atomic E-state index is 13.3. The Morgan fingerprint density at radius 1 is 1.09 bits per heavy atom. The second-order valence-electron chi connectivity index (χ2n) is 7.43. The number of rotatable bonds is 6. The highest BCUT2D eigenvalue weighted by atomic mass is 19.1. The fraction of sp³-hybridized carbons (Fsp3) is 0.273. The van der Waals surface area contributed by atoms with E-state index in [1.807, 2.05) is 0 Å². The van der Waals surface area contributed by atoms with Gasteiger partial charge >= 0.3 is 6.09 Å². The van der Waals surface area contributed by atoms with Gasteiger partial charge in [-0.15, -0.1) is 0 Å². The predicted molar refractivity (Wildman–Crippen MR) is 115 cm³/mol. The molecular weight excluding hydrogens is 417 g/mol. The molecule has 2 heterocycles. The molecule has 4 rings (SSSR count). The zero-order chi connectivity index (χ0) is 22.5. The molecule has 10 heteroatoms. The van der Waals surface area contributed by atoms with Crippen LogP contribution in [0, 0.1) is 15.9 Å². The van der Waals surface area contributed by atoms with Crippen LogP contribution < -0.4 is 4.90 Å². The summed E-state index contributed by atoms with van der Waals surface area (Å²) < 4.78 is 20.9. The summed E-state index contributed by atoms with van der Waals surface area (Å²) in [5.74, 6) is -0.358. The van der Waals surface area contributed by atoms with Gasteiger partial charge < -0.3 is 19.1 Å². The first-order valence-corrected chi connectivity index (χ1v) is 10.2. The number of benzene rings is 2. The van der Waals surface area contributed by atoms with Crippen LogP contribution in [-0.2, 0) is 11.3 Å². The van der Waals surface area contributed by atoms with E-state index in [1.54, 1.807) is 52.5 Å². The van der Waals surface area contributed by atoms with Crippen LogP contribution in [0.2, 0.25) is 0 Å². The topological polar surface area (TPSA) is 93.7 Å². The van der Waals surface area contributed by atoms with Crippen LogP contribution in [0.3, 0.4) is 0 Å². The molecule has 0 aliphatic carbocycles. The number of nitro groups is 1. The Morgan fingerprint density at radius 3 is 2.38 bits per heavy atom. The molecule has 32 heavy (non-hydrogen) atoms. The standard InChI is InChI=1S/C22H22FN5O4/c23-18-3-1-17(2-4-18)21(15-25-10-9-24-16-25)32-22(29)27-13-11-26(12-14-27)19-5-7-20(8-6-19)28(30)31/h1-10,16,21H,11-15H2/t21-/m1/s1. The summed E-state index contributed by atoms with van der Waals surface area (Å²) in [7, 11) is 0. The number of carbonyl (C=O) groups excluding carboxylic acids is 1. The molecule has 0 spiro atoms. The lowest BCUT2D eigenvalue weighted by Crippen LogP contribution is -2.49. The van der Waals surface area contributed by atoms with E-state index in [2.05, 4.69) is 9.88 Å². The summed E-state index contributed by atoms with van der Waals surface area (Å²) in [4.78, 5) is 31.0. The predicted octanol–water partition coefficient (Wildman–Crippen LogP) is 3.63. The van der Waals surface area contributed by atoms with Gasteiger partial charge in [-0.2, -0.15) is 0 Å². The number of ether oxygens (including phenoxy) is 1. The second kappa shape index (κ2) is 9.46. The number of anilines is 1. The number of hydrogen-bond donors (Lipinski definition) is 0. The van der Waals surface area contributed by atoms with E-state index >= 15 is 0 Å². The van der Waals surface area contributed by atoms with Crippen LogP contribution in [0.4, 0.5) is 20.6 Å². The molecule has 166 valence electrons. The molecule has 1 aromatic heterocycles. The molecule has 9 nitrogen and oxygen atoms in total. The van der Waals surface area contributed by atoms with Gasteiger partial charge in [0.15, 0.2) is 0 Å². The fourth-order valence-electron chi connectivity index (χ4n) is 3.60. The first kappa shape index (κ1) is 21.3. The first-order valence-electron chi connectivity index (χ1n) is 10.2. The highest BCUT2D eigenvalue weighted by Crippen LogP contribution is 2.24. The van der Waals surface area contributed by atoms with Crippen molar-refractivity contribution in [2.45, 2.75) is 12.6 Å². The van der Waals surface area contributed by atoms with Gasteiger partial charge in [0.05, 0.1) is 17.8 Å². The lowest BCUT2D eigenvalue weighted by Gasteiger charge is -2.36. The molecule has 1 amide bonds. The minimum atomic E-state index is -0.593. The molecule has 1 saturated heterocycles. The number of hydrogen-bond acceptors (Lipinski definition) is 6. The molecule has 1 aliphatic rings. The van der Waals surface area contributed by atoms with Gasteiger partial charge in [0.25, 0.3) is 5.69 Å². The third-order valence-corrected chi connectivity index (χ3v) is 5.38. The number of nitro benzene ring substituents is 1. The molecule has 0 N–H and O–H groups in total. The minimum absolute atomic E-state index is 0.0423. The molecule has 1 fully saturated rings. The van der Waals surface area contributed by atoms with Crippen molar-refractivity contribution >= 4 is 17.5 Å². The van der Waals surface area contributed by atoms with E-state index in [4.69, 9.17) is 4.74 Å². The molecule has 0 radical (unpaired) electrons. The zero-order valence-electron chi connectivity index (χ0n) is 17.2. The van der Waals surface area contributed by atoms with Gasteiger partial charge in [0.1, 0.15) is 11.9 Å². The van der Waals surface area contributed by atoms with Gasteiger partial charge in [0.2, 0.25) is 0 Å². The highest BCUT2D eigenvalue weighted by Gasteiger charge is 2.26. The van der Waals surface area contributed by atoms with Crippen LogP contribution in [0.25, 0.3) is 0 Å². The van der Waals surface area contributed by atoms with Crippen LogP contribution >= 0.6 is 0 Å². The average Bonchev–Trinajstić information content (AvgIpc) is 3.32. The maximum absolute atomic E-state index is 13.3. The maximum Gasteiger partial charge on any atom is 0.410 e. The summed E-state index contributed by atoms with van der Waals surface area (Å²) in [5.41, 5.74) is 1.60. The summed E-state index contributed by atoms with van der Waals surface area (Å²) in [6.45, 7) is 2.43. The fourth-order valence-corrected chi connectivity index (χ4v) is 3.60. The van der Waals surface area contributed by atoms with Crippen molar-refractivity contribution in [3.05, 3.63) is 88.7 Å². The Balaban J connectivity index is 1.38. The molecule has 3 aromatic rings. The summed E-state index contributed by atoms with van der Waals surface area (Å²) >= 11 is 0. The van der Waals surface area contributed by atoms with Crippen molar-refractivity contribution in [2.75, 3.05) is 31.1 Å². The smallest absolute Gasteiger partial charge is 0.410 e. The van der Waals surface area contributed by atoms with E-state index in [9.17, 15) is 19.3 Å². The lowest BCUT2D eigenvalue weighted by atomic mass is 10.1. The van der Waals surface area contributed by atoms with Crippen molar-refractivity contribution in [2.24, 2.45) is 0 Å². The Morgan fingerprint density at radius 2 is 1.78 bits per heavy atom. The molecule has 0 saturated carbocycles. The number of nitrogens with zero attached hydrogens (tertiary/aromatic N) is 5. The van der Waals surface area contributed by atoms with Crippen LogP contribution in [0.15, 0.2) is 67.3 Å². The number of imidazole rings is 1. The third kappa shape index (κ3) is 5.02. The Hall–Kier alpha value is -3.95. The summed E-state index contributed by atoms with van der Waals surface area (Å²) in [6, 6.07) is 12.3. The van der Waals surface area contributed by atoms with Crippen molar-refractivity contribution < 1.29 is 18.8 Å². The molecule has 1 aliphatic heterocycles. The Labute approximate surface area is 183 Å². The van der Waals surface area contributed by atoms with Crippen molar-refractivity contribution in [1.29, 1.82) is 0 Å². The van der Waals surface area contributed by atoms with E-state index in [0.717, 1.165) is 5.69 Å². The summed E-state index contributed by atoms with van der Waals surface area (Å²) in [5, 5.41) is 10.8. The van der Waals surface area contributed by atoms with Gasteiger partial charge in [-0.25, -0.2) is 14.2 Å². The van der Waals surface area contributed by atoms with Crippen LogP contribution in [0.1, 0.15) is 11.7 Å². The zero-order valence-corrected chi connectivity index (χ0v) is 17.2. The average molecular weight is 439 g/mol. The van der Waals surface area contributed by atoms with Crippen molar-refractivity contribution in [3.63, 3.8) is 0 Å². The van der Waals surface area contributed by atoms with Gasteiger partial charge in [-0.05, 0) is 29.8 Å². The third-order valence-electron chi connectivity index (χ3n) is 5.38. The molecule has 2 aromatic carbocycles. The number of amides is 1. The molecular formula is C22H22FN5O4. The highest BCUT2D eigenvalue weighted by molar-refractivity contribution is 5.68. The minimum Gasteiger partial charge on any atom is -0.439 e. The molecule has 0 bridgehead atoms. The Bertz CT molecular complexity index is 1050. The van der Waals surface area contributed by atoms with E-state index in [1.165, 1.54) is 24.3 Å². The normalized spacial score (nSPS) is 14.8. The van der Waals surface area contributed by atoms with E-state index < -0.39 is 17.1 Å². The SMILES string of the molecule is O=C(O[C@H](Cn1ccnc1)c1ccc(F)cc1)N1CCN(c2ccc([N+](=O)[O-])cc2)CC1. The quantitative estimate of drug-likeness (QED) is 0.430. The van der Waals surface area contributed by atoms with E-state index in [-0.39, 0.29) is 11.5 Å². The number of non-ortho nitro benzene ring substituents is 1. The van der Waals surface area contributed by atoms with Crippen LogP contribution in [-0.4, -0.2) is 51.6 Å². The lowest BCUT2D eigenvalue weighted by molar-refractivity contribution is -0.384. The number of aromatic nitrogens is 2. The van der Waals surface area contributed by atoms with Gasteiger partial charge in [0, 0.05) is 56.4 Å². The van der Waals surface area contributed by atoms with Gasteiger partial charge in [-0.3, -0.25) is 10.1 Å². The Kier molecular flexibility index (Phi) is 6.29.